The molecule has 1 aliphatic rings. The van der Waals surface area contributed by atoms with Gasteiger partial charge in [-0.25, -0.2) is 0 Å². The summed E-state index contributed by atoms with van der Waals surface area (Å²) in [6.07, 6.45) is 1.68. The Kier molecular flexibility index (Phi) is 5.33. The van der Waals surface area contributed by atoms with Gasteiger partial charge in [0.25, 0.3) is 0 Å². The van der Waals surface area contributed by atoms with E-state index in [1.54, 1.807) is 14.2 Å². The van der Waals surface area contributed by atoms with E-state index in [2.05, 4.69) is 5.32 Å². The molecule has 1 aromatic carbocycles. The standard InChI is InChI=1S/C16H21NO4/c1-20-9-8-17-15(18)10-11-6-7-12-13(16(11)19)4-3-5-14(12)21-2/h3-5,11H,6-10H2,1-2H3,(H,17,18). The van der Waals surface area contributed by atoms with Crippen molar-refractivity contribution in [2.45, 2.75) is 19.3 Å². The summed E-state index contributed by atoms with van der Waals surface area (Å²) < 4.78 is 10.2. The molecule has 0 fully saturated rings. The van der Waals surface area contributed by atoms with E-state index in [4.69, 9.17) is 9.47 Å². The Bertz CT molecular complexity index is 527. The lowest BCUT2D eigenvalue weighted by molar-refractivity contribution is -0.122. The minimum absolute atomic E-state index is 0.0389. The van der Waals surface area contributed by atoms with Gasteiger partial charge in [0.15, 0.2) is 5.78 Å². The molecule has 1 N–H and O–H groups in total. The van der Waals surface area contributed by atoms with E-state index >= 15 is 0 Å². The number of ketones is 1. The SMILES string of the molecule is COCCNC(=O)CC1CCc2c(OC)cccc2C1=O. The van der Waals surface area contributed by atoms with Crippen LogP contribution in [0.3, 0.4) is 0 Å². The van der Waals surface area contributed by atoms with Crippen molar-refractivity contribution in [1.29, 1.82) is 0 Å². The lowest BCUT2D eigenvalue weighted by Crippen LogP contribution is -2.32. The van der Waals surface area contributed by atoms with Crippen molar-refractivity contribution in [2.24, 2.45) is 5.92 Å². The van der Waals surface area contributed by atoms with Crippen LogP contribution in [0.2, 0.25) is 0 Å². The van der Waals surface area contributed by atoms with Gasteiger partial charge in [0.1, 0.15) is 5.75 Å². The maximum atomic E-state index is 12.5. The van der Waals surface area contributed by atoms with Crippen LogP contribution in [0.4, 0.5) is 0 Å². The lowest BCUT2D eigenvalue weighted by Gasteiger charge is -2.24. The van der Waals surface area contributed by atoms with E-state index in [9.17, 15) is 9.59 Å². The average Bonchev–Trinajstić information content (AvgIpc) is 2.50. The van der Waals surface area contributed by atoms with E-state index < -0.39 is 0 Å². The molecule has 1 aliphatic carbocycles. The van der Waals surface area contributed by atoms with Crippen LogP contribution in [0.15, 0.2) is 18.2 Å². The van der Waals surface area contributed by atoms with Gasteiger partial charge in [-0.1, -0.05) is 12.1 Å². The fourth-order valence-corrected chi connectivity index (χ4v) is 2.70. The van der Waals surface area contributed by atoms with E-state index in [1.807, 2.05) is 18.2 Å². The van der Waals surface area contributed by atoms with Crippen LogP contribution < -0.4 is 10.1 Å². The molecular formula is C16H21NO4. The fourth-order valence-electron chi connectivity index (χ4n) is 2.70. The van der Waals surface area contributed by atoms with Crippen molar-refractivity contribution in [3.63, 3.8) is 0 Å². The molecule has 0 heterocycles. The Hall–Kier alpha value is -1.88. The number of carbonyl (C=O) groups is 2. The molecule has 0 saturated heterocycles. The van der Waals surface area contributed by atoms with Crippen molar-refractivity contribution in [1.82, 2.24) is 5.32 Å². The van der Waals surface area contributed by atoms with Gasteiger partial charge >= 0.3 is 0 Å². The molecule has 0 saturated carbocycles. The van der Waals surface area contributed by atoms with Gasteiger partial charge in [-0.05, 0) is 18.9 Å². The second-order valence-electron chi connectivity index (χ2n) is 5.13. The number of carbonyl (C=O) groups excluding carboxylic acids is 2. The molecule has 1 aromatic rings. The number of hydrogen-bond donors (Lipinski definition) is 1. The molecular weight excluding hydrogens is 270 g/mol. The highest BCUT2D eigenvalue weighted by Crippen LogP contribution is 2.33. The Labute approximate surface area is 124 Å². The summed E-state index contributed by atoms with van der Waals surface area (Å²) in [5, 5.41) is 2.76. The first kappa shape index (κ1) is 15.5. The van der Waals surface area contributed by atoms with Gasteiger partial charge in [-0.3, -0.25) is 9.59 Å². The third-order valence-corrected chi connectivity index (χ3v) is 3.79. The minimum Gasteiger partial charge on any atom is -0.496 e. The van der Waals surface area contributed by atoms with Crippen molar-refractivity contribution >= 4 is 11.7 Å². The summed E-state index contributed by atoms with van der Waals surface area (Å²) in [5.41, 5.74) is 1.65. The van der Waals surface area contributed by atoms with Crippen LogP contribution in [0, 0.1) is 5.92 Å². The number of hydrogen-bond acceptors (Lipinski definition) is 4. The van der Waals surface area contributed by atoms with Crippen LogP contribution in [-0.2, 0) is 16.0 Å². The van der Waals surface area contributed by atoms with E-state index in [0.29, 0.717) is 25.1 Å². The van der Waals surface area contributed by atoms with E-state index in [-0.39, 0.29) is 24.0 Å². The molecule has 0 spiro atoms. The number of methoxy groups -OCH3 is 2. The number of Topliss-reactive ketones (excluding diaryl/α,β-unsaturated/α-hetero) is 1. The number of ether oxygens (including phenoxy) is 2. The molecule has 114 valence electrons. The van der Waals surface area contributed by atoms with E-state index in [1.165, 1.54) is 0 Å². The molecule has 5 heteroatoms. The molecule has 0 aromatic heterocycles. The zero-order chi connectivity index (χ0) is 15.2. The minimum atomic E-state index is -0.243. The molecule has 1 atom stereocenters. The van der Waals surface area contributed by atoms with Gasteiger partial charge < -0.3 is 14.8 Å². The molecule has 0 bridgehead atoms. The largest absolute Gasteiger partial charge is 0.496 e. The summed E-state index contributed by atoms with van der Waals surface area (Å²) in [5.74, 6) is 0.449. The van der Waals surface area contributed by atoms with Gasteiger partial charge in [0.2, 0.25) is 5.91 Å². The van der Waals surface area contributed by atoms with Crippen LogP contribution in [-0.4, -0.2) is 39.1 Å². The number of rotatable bonds is 6. The summed E-state index contributed by atoms with van der Waals surface area (Å²) in [6, 6.07) is 5.50. The zero-order valence-electron chi connectivity index (χ0n) is 12.5. The number of benzene rings is 1. The predicted molar refractivity (Wildman–Crippen MR) is 78.6 cm³/mol. The van der Waals surface area contributed by atoms with Crippen molar-refractivity contribution in [2.75, 3.05) is 27.4 Å². The maximum Gasteiger partial charge on any atom is 0.220 e. The van der Waals surface area contributed by atoms with Gasteiger partial charge in [-0.2, -0.15) is 0 Å². The Morgan fingerprint density at radius 2 is 2.19 bits per heavy atom. The highest BCUT2D eigenvalue weighted by Gasteiger charge is 2.30. The molecule has 1 unspecified atom stereocenters. The van der Waals surface area contributed by atoms with Gasteiger partial charge in [0.05, 0.1) is 13.7 Å². The highest BCUT2D eigenvalue weighted by molar-refractivity contribution is 6.02. The lowest BCUT2D eigenvalue weighted by atomic mass is 9.80. The molecule has 21 heavy (non-hydrogen) atoms. The first-order chi connectivity index (χ1) is 10.2. The predicted octanol–water partition coefficient (Wildman–Crippen LogP) is 1.59. The quantitative estimate of drug-likeness (QED) is 0.808. The van der Waals surface area contributed by atoms with Crippen LogP contribution in [0.25, 0.3) is 0 Å². The number of amides is 1. The van der Waals surface area contributed by atoms with E-state index in [0.717, 1.165) is 17.7 Å². The molecule has 0 aliphatic heterocycles. The third kappa shape index (κ3) is 3.61. The third-order valence-electron chi connectivity index (χ3n) is 3.79. The second kappa shape index (κ2) is 7.22. The first-order valence-electron chi connectivity index (χ1n) is 7.13. The normalized spacial score (nSPS) is 17.2. The van der Waals surface area contributed by atoms with Gasteiger partial charge in [0, 0.05) is 37.1 Å². The van der Waals surface area contributed by atoms with Crippen molar-refractivity contribution in [3.05, 3.63) is 29.3 Å². The summed E-state index contributed by atoms with van der Waals surface area (Å²) in [7, 11) is 3.19. The zero-order valence-corrected chi connectivity index (χ0v) is 12.5. The van der Waals surface area contributed by atoms with Crippen molar-refractivity contribution < 1.29 is 19.1 Å². The Morgan fingerprint density at radius 3 is 2.90 bits per heavy atom. The monoisotopic (exact) mass is 291 g/mol. The second-order valence-corrected chi connectivity index (χ2v) is 5.13. The number of nitrogens with one attached hydrogen (secondary N) is 1. The summed E-state index contributed by atoms with van der Waals surface area (Å²) in [6.45, 7) is 0.949. The summed E-state index contributed by atoms with van der Waals surface area (Å²) >= 11 is 0. The first-order valence-corrected chi connectivity index (χ1v) is 7.13. The number of fused-ring (bicyclic) bond motifs is 1. The smallest absolute Gasteiger partial charge is 0.220 e. The summed E-state index contributed by atoms with van der Waals surface area (Å²) in [4.78, 5) is 24.3. The average molecular weight is 291 g/mol. The highest BCUT2D eigenvalue weighted by atomic mass is 16.5. The molecule has 2 rings (SSSR count). The Balaban J connectivity index is 2.02. The maximum absolute atomic E-state index is 12.5. The molecule has 1 amide bonds. The van der Waals surface area contributed by atoms with Gasteiger partial charge in [-0.15, -0.1) is 0 Å². The Morgan fingerprint density at radius 1 is 1.38 bits per heavy atom. The fraction of sp³-hybridized carbons (Fsp3) is 0.500. The van der Waals surface area contributed by atoms with Crippen LogP contribution in [0.5, 0.6) is 5.75 Å². The van der Waals surface area contributed by atoms with Crippen molar-refractivity contribution in [3.8, 4) is 5.75 Å². The van der Waals surface area contributed by atoms with Crippen LogP contribution in [0.1, 0.15) is 28.8 Å². The topological polar surface area (TPSA) is 64.6 Å². The van der Waals surface area contributed by atoms with Crippen LogP contribution >= 0.6 is 0 Å². The molecule has 5 nitrogen and oxygen atoms in total. The molecule has 0 radical (unpaired) electrons.